The summed E-state index contributed by atoms with van der Waals surface area (Å²) in [5, 5.41) is 8.19. The molecule has 0 atom stereocenters. The maximum absolute atomic E-state index is 12.7. The minimum absolute atomic E-state index is 0.101. The Morgan fingerprint density at radius 1 is 1.58 bits per heavy atom. The molecule has 0 amide bonds. The highest BCUT2D eigenvalue weighted by atomic mass is 35.5. The van der Waals surface area contributed by atoms with Crippen LogP contribution in [0.4, 0.5) is 4.39 Å². The molecule has 60 valence electrons. The number of hydrogen-bond acceptors (Lipinski definition) is 2. The van der Waals surface area contributed by atoms with E-state index in [1.165, 1.54) is 6.07 Å². The molecule has 0 spiro atoms. The van der Waals surface area contributed by atoms with Crippen molar-refractivity contribution >= 4 is 17.9 Å². The molecule has 0 N–H and O–H groups in total. The van der Waals surface area contributed by atoms with Crippen LogP contribution >= 0.6 is 11.6 Å². The molecule has 0 unspecified atom stereocenters. The van der Waals surface area contributed by atoms with Crippen molar-refractivity contribution in [2.75, 3.05) is 0 Å². The summed E-state index contributed by atoms with van der Waals surface area (Å²) in [6, 6.07) is 3.92. The van der Waals surface area contributed by atoms with E-state index in [1.54, 1.807) is 6.07 Å². The maximum Gasteiger partial charge on any atom is 0.151 e. The third-order valence-electron chi connectivity index (χ3n) is 1.37. The molecule has 1 aromatic rings. The van der Waals surface area contributed by atoms with Crippen LogP contribution in [-0.2, 0) is 0 Å². The Morgan fingerprint density at radius 3 is 2.75 bits per heavy atom. The smallest absolute Gasteiger partial charge is 0.151 e. The Morgan fingerprint density at radius 2 is 2.25 bits per heavy atom. The molecular formula is C8H3ClFNO. The molecule has 1 rings (SSSR count). The van der Waals surface area contributed by atoms with Gasteiger partial charge < -0.3 is 0 Å². The van der Waals surface area contributed by atoms with E-state index in [1.807, 2.05) is 0 Å². The standard InChI is InChI=1S/C8H3ClFNO/c9-8-6(3-11)5(4-12)1-2-7(8)10/h1-2,4H. The van der Waals surface area contributed by atoms with Crippen molar-refractivity contribution in [2.24, 2.45) is 0 Å². The van der Waals surface area contributed by atoms with Gasteiger partial charge in [-0.2, -0.15) is 5.26 Å². The maximum atomic E-state index is 12.7. The van der Waals surface area contributed by atoms with Gasteiger partial charge in [-0.25, -0.2) is 4.39 Å². The van der Waals surface area contributed by atoms with E-state index in [0.29, 0.717) is 6.29 Å². The molecular weight excluding hydrogens is 181 g/mol. The molecule has 0 aliphatic heterocycles. The predicted octanol–water partition coefficient (Wildman–Crippen LogP) is 2.16. The first-order valence-electron chi connectivity index (χ1n) is 3.04. The van der Waals surface area contributed by atoms with Crippen LogP contribution < -0.4 is 0 Å². The monoisotopic (exact) mass is 183 g/mol. The molecule has 0 saturated heterocycles. The second-order valence-corrected chi connectivity index (χ2v) is 2.43. The van der Waals surface area contributed by atoms with Crippen LogP contribution in [0.15, 0.2) is 12.1 Å². The second-order valence-electron chi connectivity index (χ2n) is 2.06. The summed E-state index contributed by atoms with van der Waals surface area (Å²) in [6.45, 7) is 0. The first kappa shape index (κ1) is 8.69. The zero-order valence-corrected chi connectivity index (χ0v) is 6.60. The van der Waals surface area contributed by atoms with Crippen molar-refractivity contribution in [3.05, 3.63) is 34.1 Å². The molecule has 0 aliphatic rings. The van der Waals surface area contributed by atoms with E-state index >= 15 is 0 Å². The molecule has 0 bridgehead atoms. The zero-order chi connectivity index (χ0) is 9.14. The van der Waals surface area contributed by atoms with Gasteiger partial charge in [-0.3, -0.25) is 4.79 Å². The van der Waals surface area contributed by atoms with Crippen LogP contribution in [0.1, 0.15) is 15.9 Å². The molecule has 0 saturated carbocycles. The molecule has 0 aromatic heterocycles. The highest BCUT2D eigenvalue weighted by Crippen LogP contribution is 2.21. The summed E-state index contributed by atoms with van der Waals surface area (Å²) in [6.07, 6.45) is 0.462. The number of rotatable bonds is 1. The van der Waals surface area contributed by atoms with Gasteiger partial charge in [-0.05, 0) is 12.1 Å². The number of aldehydes is 1. The molecule has 12 heavy (non-hydrogen) atoms. The van der Waals surface area contributed by atoms with E-state index in [9.17, 15) is 9.18 Å². The van der Waals surface area contributed by atoms with E-state index < -0.39 is 5.82 Å². The first-order valence-corrected chi connectivity index (χ1v) is 3.41. The molecule has 4 heteroatoms. The van der Waals surface area contributed by atoms with Gasteiger partial charge >= 0.3 is 0 Å². The topological polar surface area (TPSA) is 40.9 Å². The minimum Gasteiger partial charge on any atom is -0.298 e. The molecule has 0 aliphatic carbocycles. The van der Waals surface area contributed by atoms with Crippen molar-refractivity contribution in [1.82, 2.24) is 0 Å². The van der Waals surface area contributed by atoms with Crippen molar-refractivity contribution in [1.29, 1.82) is 5.26 Å². The fourth-order valence-corrected chi connectivity index (χ4v) is 0.992. The number of carbonyl (C=O) groups excluding carboxylic acids is 1. The van der Waals surface area contributed by atoms with E-state index in [-0.39, 0.29) is 16.1 Å². The third kappa shape index (κ3) is 1.29. The number of nitrogens with zero attached hydrogens (tertiary/aromatic N) is 1. The summed E-state index contributed by atoms with van der Waals surface area (Å²) < 4.78 is 12.7. The van der Waals surface area contributed by atoms with Crippen LogP contribution in [0.3, 0.4) is 0 Å². The van der Waals surface area contributed by atoms with Gasteiger partial charge in [-0.15, -0.1) is 0 Å². The lowest BCUT2D eigenvalue weighted by atomic mass is 10.1. The Bertz CT molecular complexity index is 370. The molecule has 0 heterocycles. The summed E-state index contributed by atoms with van der Waals surface area (Å²) in [5.74, 6) is -0.696. The summed E-state index contributed by atoms with van der Waals surface area (Å²) >= 11 is 5.42. The third-order valence-corrected chi connectivity index (χ3v) is 1.74. The van der Waals surface area contributed by atoms with Crippen molar-refractivity contribution in [3.8, 4) is 6.07 Å². The Hall–Kier alpha value is -1.40. The van der Waals surface area contributed by atoms with Crippen molar-refractivity contribution in [3.63, 3.8) is 0 Å². The number of halogens is 2. The van der Waals surface area contributed by atoms with Gasteiger partial charge in [0.15, 0.2) is 6.29 Å². The average molecular weight is 184 g/mol. The lowest BCUT2D eigenvalue weighted by Crippen LogP contribution is -1.91. The fourth-order valence-electron chi connectivity index (χ4n) is 0.777. The van der Waals surface area contributed by atoms with Crippen LogP contribution in [0.5, 0.6) is 0 Å². The van der Waals surface area contributed by atoms with E-state index in [4.69, 9.17) is 16.9 Å². The number of hydrogen-bond donors (Lipinski definition) is 0. The van der Waals surface area contributed by atoms with Crippen LogP contribution in [0, 0.1) is 17.1 Å². The number of carbonyl (C=O) groups is 1. The predicted molar refractivity (Wildman–Crippen MR) is 41.5 cm³/mol. The lowest BCUT2D eigenvalue weighted by Gasteiger charge is -1.98. The van der Waals surface area contributed by atoms with E-state index in [2.05, 4.69) is 0 Å². The van der Waals surface area contributed by atoms with Gasteiger partial charge in [0.2, 0.25) is 0 Å². The summed E-state index contributed by atoms with van der Waals surface area (Å²) in [7, 11) is 0. The zero-order valence-electron chi connectivity index (χ0n) is 5.84. The molecule has 2 nitrogen and oxygen atoms in total. The Balaban J connectivity index is 3.48. The molecule has 1 aromatic carbocycles. The summed E-state index contributed by atoms with van der Waals surface area (Å²) in [4.78, 5) is 10.3. The van der Waals surface area contributed by atoms with E-state index in [0.717, 1.165) is 6.07 Å². The normalized spacial score (nSPS) is 9.08. The van der Waals surface area contributed by atoms with Gasteiger partial charge in [0, 0.05) is 5.56 Å². The fraction of sp³-hybridized carbons (Fsp3) is 0. The van der Waals surface area contributed by atoms with Gasteiger partial charge in [0.05, 0.1) is 10.6 Å². The van der Waals surface area contributed by atoms with Crippen LogP contribution in [-0.4, -0.2) is 6.29 Å². The van der Waals surface area contributed by atoms with Crippen molar-refractivity contribution < 1.29 is 9.18 Å². The quantitative estimate of drug-likeness (QED) is 0.626. The first-order chi connectivity index (χ1) is 5.70. The van der Waals surface area contributed by atoms with Crippen molar-refractivity contribution in [2.45, 2.75) is 0 Å². The van der Waals surface area contributed by atoms with Crippen LogP contribution in [0.2, 0.25) is 5.02 Å². The highest BCUT2D eigenvalue weighted by molar-refractivity contribution is 6.32. The number of benzene rings is 1. The number of nitriles is 1. The second kappa shape index (κ2) is 3.33. The van der Waals surface area contributed by atoms with Gasteiger partial charge in [0.1, 0.15) is 11.9 Å². The Kier molecular flexibility index (Phi) is 2.41. The van der Waals surface area contributed by atoms with Gasteiger partial charge in [0.25, 0.3) is 0 Å². The lowest BCUT2D eigenvalue weighted by molar-refractivity contribution is 0.112. The Labute approximate surface area is 73.2 Å². The minimum atomic E-state index is -0.696. The SMILES string of the molecule is N#Cc1c(C=O)ccc(F)c1Cl. The molecule has 0 fully saturated rings. The van der Waals surface area contributed by atoms with Crippen LogP contribution in [0.25, 0.3) is 0 Å². The highest BCUT2D eigenvalue weighted by Gasteiger charge is 2.09. The van der Waals surface area contributed by atoms with Gasteiger partial charge in [-0.1, -0.05) is 11.6 Å². The largest absolute Gasteiger partial charge is 0.298 e. The molecule has 0 radical (unpaired) electrons. The average Bonchev–Trinajstić information content (AvgIpc) is 2.09. The summed E-state index contributed by atoms with van der Waals surface area (Å²) in [5.41, 5.74) is -0.0180.